The van der Waals surface area contributed by atoms with Crippen LogP contribution in [0.2, 0.25) is 0 Å². The molecule has 8 nitrogen and oxygen atoms in total. The van der Waals surface area contributed by atoms with Gasteiger partial charge in [0.15, 0.2) is 5.69 Å². The van der Waals surface area contributed by atoms with Crippen molar-refractivity contribution in [3.05, 3.63) is 68.2 Å². The summed E-state index contributed by atoms with van der Waals surface area (Å²) < 4.78 is 2.51. The zero-order chi connectivity index (χ0) is 18.4. The second-order valence-corrected chi connectivity index (χ2v) is 7.07. The Morgan fingerprint density at radius 3 is 2.96 bits per heavy atom. The fourth-order valence-electron chi connectivity index (χ4n) is 3.37. The van der Waals surface area contributed by atoms with E-state index in [1.165, 1.54) is 6.20 Å². The molecule has 26 heavy (non-hydrogen) atoms. The second-order valence-electron chi connectivity index (χ2n) is 6.15. The molecule has 3 aromatic rings. The van der Waals surface area contributed by atoms with Crippen molar-refractivity contribution in [2.45, 2.75) is 19.4 Å². The molecule has 0 radical (unpaired) electrons. The van der Waals surface area contributed by atoms with Crippen molar-refractivity contribution in [1.29, 1.82) is 0 Å². The molecule has 0 bridgehead atoms. The number of hydrogen-bond donors (Lipinski definition) is 0. The highest BCUT2D eigenvalue weighted by Crippen LogP contribution is 2.34. The number of carbonyl (C=O) groups excluding carboxylic acids is 1. The number of aromatic nitrogens is 3. The van der Waals surface area contributed by atoms with Crippen LogP contribution in [0.15, 0.2) is 41.3 Å². The first-order valence-electron chi connectivity index (χ1n) is 8.03. The van der Waals surface area contributed by atoms with Crippen molar-refractivity contribution in [3.8, 4) is 0 Å². The maximum atomic E-state index is 13.0. The van der Waals surface area contributed by atoms with Crippen molar-refractivity contribution < 1.29 is 9.72 Å². The van der Waals surface area contributed by atoms with E-state index in [4.69, 9.17) is 0 Å². The van der Waals surface area contributed by atoms with Crippen molar-refractivity contribution in [2.24, 2.45) is 0 Å². The first kappa shape index (κ1) is 16.6. The minimum Gasteiger partial charge on any atom is -0.330 e. The average molecular weight is 416 g/mol. The van der Waals surface area contributed by atoms with E-state index in [0.717, 1.165) is 9.99 Å². The molecule has 0 N–H and O–H groups in total. The molecule has 0 aliphatic carbocycles. The third-order valence-corrected chi connectivity index (χ3v) is 5.16. The molecule has 132 valence electrons. The Balaban J connectivity index is 1.69. The predicted molar refractivity (Wildman–Crippen MR) is 96.9 cm³/mol. The molecule has 4 rings (SSSR count). The number of hydrogen-bond acceptors (Lipinski definition) is 5. The molecule has 0 spiro atoms. The fourth-order valence-corrected chi connectivity index (χ4v) is 3.69. The monoisotopic (exact) mass is 415 g/mol. The Bertz CT molecular complexity index is 1050. The lowest BCUT2D eigenvalue weighted by Gasteiger charge is -2.34. The van der Waals surface area contributed by atoms with Gasteiger partial charge in [0.2, 0.25) is 0 Å². The summed E-state index contributed by atoms with van der Waals surface area (Å²) in [7, 11) is 0. The largest absolute Gasteiger partial charge is 0.330 e. The topological polar surface area (TPSA) is 93.6 Å². The highest BCUT2D eigenvalue weighted by molar-refractivity contribution is 9.10. The Hall–Kier alpha value is -2.81. The van der Waals surface area contributed by atoms with Crippen molar-refractivity contribution in [2.75, 3.05) is 6.54 Å². The zero-order valence-electron chi connectivity index (χ0n) is 13.8. The number of nitrogens with zero attached hydrogens (tertiary/aromatic N) is 5. The zero-order valence-corrected chi connectivity index (χ0v) is 15.4. The number of fused-ring (bicyclic) bond motifs is 2. The van der Waals surface area contributed by atoms with Crippen LogP contribution in [-0.4, -0.2) is 36.9 Å². The van der Waals surface area contributed by atoms with Gasteiger partial charge in [-0.05, 0) is 47.5 Å². The van der Waals surface area contributed by atoms with Gasteiger partial charge < -0.3 is 4.90 Å². The number of amides is 1. The lowest BCUT2D eigenvalue weighted by molar-refractivity contribution is -0.386. The van der Waals surface area contributed by atoms with Crippen LogP contribution in [0, 0.1) is 10.1 Å². The molecular formula is C17H14BrN5O3. The van der Waals surface area contributed by atoms with Crippen LogP contribution in [-0.2, 0) is 6.42 Å². The highest BCUT2D eigenvalue weighted by atomic mass is 79.9. The maximum absolute atomic E-state index is 13.0. The van der Waals surface area contributed by atoms with E-state index in [1.54, 1.807) is 27.9 Å². The summed E-state index contributed by atoms with van der Waals surface area (Å²) in [5, 5.41) is 15.6. The third-order valence-electron chi connectivity index (χ3n) is 4.69. The van der Waals surface area contributed by atoms with Crippen LogP contribution >= 0.6 is 15.9 Å². The maximum Gasteiger partial charge on any atom is 0.291 e. The minimum absolute atomic E-state index is 0.0130. The molecule has 1 aliphatic rings. The summed E-state index contributed by atoms with van der Waals surface area (Å²) in [5.74, 6) is -0.200. The predicted octanol–water partition coefficient (Wildman–Crippen LogP) is 3.16. The summed E-state index contributed by atoms with van der Waals surface area (Å²) in [5.41, 5.74) is 2.54. The van der Waals surface area contributed by atoms with E-state index in [2.05, 4.69) is 26.0 Å². The van der Waals surface area contributed by atoms with Gasteiger partial charge >= 0.3 is 0 Å². The van der Waals surface area contributed by atoms with Gasteiger partial charge in [-0.25, -0.2) is 4.52 Å². The molecule has 3 aromatic heterocycles. The first-order valence-corrected chi connectivity index (χ1v) is 8.82. The van der Waals surface area contributed by atoms with Gasteiger partial charge in [0.05, 0.1) is 16.5 Å². The van der Waals surface area contributed by atoms with Gasteiger partial charge in [-0.1, -0.05) is 0 Å². The van der Waals surface area contributed by atoms with Crippen LogP contribution in [0.3, 0.4) is 0 Å². The van der Waals surface area contributed by atoms with E-state index in [-0.39, 0.29) is 17.6 Å². The minimum atomic E-state index is -0.421. The number of carbonyl (C=O) groups is 1. The van der Waals surface area contributed by atoms with Crippen LogP contribution in [0.5, 0.6) is 0 Å². The van der Waals surface area contributed by atoms with Crippen LogP contribution < -0.4 is 0 Å². The van der Waals surface area contributed by atoms with E-state index >= 15 is 0 Å². The van der Waals surface area contributed by atoms with E-state index in [9.17, 15) is 14.9 Å². The Labute approximate surface area is 156 Å². The Morgan fingerprint density at radius 1 is 1.38 bits per heavy atom. The van der Waals surface area contributed by atoms with Gasteiger partial charge in [0, 0.05) is 34.5 Å². The average Bonchev–Trinajstić information content (AvgIpc) is 3.04. The molecule has 9 heteroatoms. The Morgan fingerprint density at radius 2 is 2.19 bits per heavy atom. The SMILES string of the molecule is CC1c2cncc([N+](=O)[O-])c2CCN1C(=O)c1cc2ccc(Br)cn2n1. The lowest BCUT2D eigenvalue weighted by atomic mass is 9.94. The van der Waals surface area contributed by atoms with Crippen LogP contribution in [0.4, 0.5) is 5.69 Å². The number of rotatable bonds is 2. The molecule has 1 unspecified atom stereocenters. The number of nitro groups is 1. The summed E-state index contributed by atoms with van der Waals surface area (Å²) >= 11 is 3.38. The molecule has 1 atom stereocenters. The van der Waals surface area contributed by atoms with Gasteiger partial charge in [0.1, 0.15) is 6.20 Å². The molecule has 4 heterocycles. The molecular weight excluding hydrogens is 402 g/mol. The number of halogens is 1. The highest BCUT2D eigenvalue weighted by Gasteiger charge is 2.33. The van der Waals surface area contributed by atoms with Crippen LogP contribution in [0.1, 0.15) is 34.6 Å². The first-order chi connectivity index (χ1) is 12.5. The Kier molecular flexibility index (Phi) is 3.95. The van der Waals surface area contributed by atoms with E-state index in [0.29, 0.717) is 29.8 Å². The lowest BCUT2D eigenvalue weighted by Crippen LogP contribution is -2.39. The van der Waals surface area contributed by atoms with Gasteiger partial charge in [0.25, 0.3) is 11.6 Å². The van der Waals surface area contributed by atoms with E-state index < -0.39 is 4.92 Å². The molecule has 0 saturated heterocycles. The van der Waals surface area contributed by atoms with Gasteiger partial charge in [-0.3, -0.25) is 19.9 Å². The second kappa shape index (κ2) is 6.17. The molecule has 1 aliphatic heterocycles. The van der Waals surface area contributed by atoms with Gasteiger partial charge in [-0.2, -0.15) is 5.10 Å². The smallest absolute Gasteiger partial charge is 0.291 e. The van der Waals surface area contributed by atoms with Crippen molar-refractivity contribution >= 4 is 33.0 Å². The fraction of sp³-hybridized carbons (Fsp3) is 0.235. The standard InChI is InChI=1S/C17H14BrN5O3/c1-10-14-7-19-8-16(23(25)26)13(14)4-5-21(10)17(24)15-6-12-3-2-11(18)9-22(12)20-15/h2-3,6-10H,4-5H2,1H3. The van der Waals surface area contributed by atoms with Crippen molar-refractivity contribution in [3.63, 3.8) is 0 Å². The summed E-state index contributed by atoms with van der Waals surface area (Å²) in [6.45, 7) is 2.25. The molecule has 1 amide bonds. The molecule has 0 saturated carbocycles. The molecule has 0 fully saturated rings. The summed E-state index contributed by atoms with van der Waals surface area (Å²) in [4.78, 5) is 29.4. The van der Waals surface area contributed by atoms with Gasteiger partial charge in [-0.15, -0.1) is 0 Å². The summed E-state index contributed by atoms with van der Waals surface area (Å²) in [6, 6.07) is 5.18. The normalized spacial score (nSPS) is 16.5. The number of pyridine rings is 2. The van der Waals surface area contributed by atoms with Crippen molar-refractivity contribution in [1.82, 2.24) is 19.5 Å². The van der Waals surface area contributed by atoms with E-state index in [1.807, 2.05) is 19.1 Å². The summed E-state index contributed by atoms with van der Waals surface area (Å²) in [6.07, 6.45) is 5.08. The quantitative estimate of drug-likeness (QED) is 0.473. The van der Waals surface area contributed by atoms with Crippen LogP contribution in [0.25, 0.3) is 5.52 Å². The molecule has 0 aromatic carbocycles. The third kappa shape index (κ3) is 2.64.